The van der Waals surface area contributed by atoms with E-state index in [1.165, 1.54) is 22.3 Å². The molecule has 140 valence electrons. The molecule has 0 spiro atoms. The summed E-state index contributed by atoms with van der Waals surface area (Å²) in [6.45, 7) is 0.297. The molecule has 2 atom stereocenters. The highest BCUT2D eigenvalue weighted by atomic mass is 16.5. The number of carbonyl (C=O) groups excluding carboxylic acids is 1. The van der Waals surface area contributed by atoms with Crippen molar-refractivity contribution in [3.8, 4) is 11.1 Å². The Morgan fingerprint density at radius 2 is 1.63 bits per heavy atom. The second-order valence-electron chi connectivity index (χ2n) is 7.44. The van der Waals surface area contributed by atoms with Crippen LogP contribution in [0.4, 0.5) is 4.79 Å². The summed E-state index contributed by atoms with van der Waals surface area (Å²) in [5.41, 5.74) is 4.78. The number of benzene rings is 2. The average Bonchev–Trinajstić information content (AvgIpc) is 3.21. The van der Waals surface area contributed by atoms with E-state index in [1.54, 1.807) is 0 Å². The van der Waals surface area contributed by atoms with Crippen molar-refractivity contribution in [2.45, 2.75) is 37.6 Å². The molecule has 0 heterocycles. The molecule has 5 heteroatoms. The van der Waals surface area contributed by atoms with Gasteiger partial charge >= 0.3 is 12.1 Å². The second-order valence-corrected chi connectivity index (χ2v) is 7.44. The van der Waals surface area contributed by atoms with Crippen molar-refractivity contribution in [2.24, 2.45) is 5.92 Å². The summed E-state index contributed by atoms with van der Waals surface area (Å²) < 4.78 is 5.55. The van der Waals surface area contributed by atoms with E-state index >= 15 is 0 Å². The molecule has 0 unspecified atom stereocenters. The van der Waals surface area contributed by atoms with Gasteiger partial charge in [-0.25, -0.2) is 4.79 Å². The van der Waals surface area contributed by atoms with Crippen molar-refractivity contribution in [1.82, 2.24) is 5.32 Å². The van der Waals surface area contributed by atoms with Crippen LogP contribution in [0.25, 0.3) is 11.1 Å². The number of hydrogen-bond donors (Lipinski definition) is 2. The van der Waals surface area contributed by atoms with Gasteiger partial charge in [-0.15, -0.1) is 0 Å². The maximum absolute atomic E-state index is 12.3. The topological polar surface area (TPSA) is 75.6 Å². The normalized spacial score (nSPS) is 20.7. The molecule has 1 fully saturated rings. The fraction of sp³-hybridized carbons (Fsp3) is 0.364. The first-order valence-electron chi connectivity index (χ1n) is 9.45. The maximum atomic E-state index is 12.3. The highest BCUT2D eigenvalue weighted by Crippen LogP contribution is 2.44. The fourth-order valence-electron chi connectivity index (χ4n) is 4.45. The van der Waals surface area contributed by atoms with Gasteiger partial charge in [0.25, 0.3) is 0 Å². The van der Waals surface area contributed by atoms with Gasteiger partial charge in [0.05, 0.1) is 0 Å². The van der Waals surface area contributed by atoms with Crippen molar-refractivity contribution < 1.29 is 19.4 Å². The van der Waals surface area contributed by atoms with Crippen LogP contribution in [0.3, 0.4) is 0 Å². The van der Waals surface area contributed by atoms with E-state index in [2.05, 4.69) is 29.6 Å². The number of carbonyl (C=O) groups is 2. The van der Waals surface area contributed by atoms with Crippen LogP contribution in [0, 0.1) is 5.92 Å². The highest BCUT2D eigenvalue weighted by Gasteiger charge is 2.30. The van der Waals surface area contributed by atoms with Gasteiger partial charge in [0.1, 0.15) is 6.61 Å². The smallest absolute Gasteiger partial charge is 0.407 e. The van der Waals surface area contributed by atoms with Crippen LogP contribution in [0.1, 0.15) is 42.7 Å². The number of aliphatic carboxylic acids is 1. The van der Waals surface area contributed by atoms with Crippen LogP contribution in [-0.2, 0) is 9.53 Å². The molecule has 2 aromatic rings. The van der Waals surface area contributed by atoms with Gasteiger partial charge in [-0.2, -0.15) is 0 Å². The average molecular weight is 365 g/mol. The van der Waals surface area contributed by atoms with E-state index in [-0.39, 0.29) is 24.3 Å². The van der Waals surface area contributed by atoms with E-state index in [9.17, 15) is 9.59 Å². The molecule has 0 radical (unpaired) electrons. The number of rotatable bonds is 5. The Labute approximate surface area is 158 Å². The van der Waals surface area contributed by atoms with E-state index in [4.69, 9.17) is 9.84 Å². The molecule has 1 amide bonds. The Morgan fingerprint density at radius 1 is 1.00 bits per heavy atom. The molecular weight excluding hydrogens is 342 g/mol. The van der Waals surface area contributed by atoms with Gasteiger partial charge in [0, 0.05) is 18.4 Å². The Kier molecular flexibility index (Phi) is 4.84. The zero-order chi connectivity index (χ0) is 18.8. The predicted molar refractivity (Wildman–Crippen MR) is 102 cm³/mol. The van der Waals surface area contributed by atoms with Gasteiger partial charge in [-0.3, -0.25) is 4.79 Å². The molecule has 2 aliphatic carbocycles. The van der Waals surface area contributed by atoms with Crippen LogP contribution in [-0.4, -0.2) is 29.8 Å². The van der Waals surface area contributed by atoms with Gasteiger partial charge in [-0.05, 0) is 47.4 Å². The van der Waals surface area contributed by atoms with E-state index < -0.39 is 12.1 Å². The Morgan fingerprint density at radius 3 is 2.26 bits per heavy atom. The number of alkyl carbamates (subject to hydrolysis) is 1. The van der Waals surface area contributed by atoms with Crippen molar-refractivity contribution in [1.29, 1.82) is 0 Å². The Hall–Kier alpha value is -2.82. The standard InChI is InChI=1S/C22H23NO4/c24-21(25)12-14-9-10-15(11-14)23-22(26)27-13-20-18-7-3-1-5-16(18)17-6-2-4-8-19(17)20/h1-8,14-15,20H,9-13H2,(H,23,26)(H,24,25)/t14-,15+/m1/s1. The Bertz CT molecular complexity index is 817. The molecule has 0 aliphatic heterocycles. The zero-order valence-corrected chi connectivity index (χ0v) is 15.1. The lowest BCUT2D eigenvalue weighted by Crippen LogP contribution is -2.34. The van der Waals surface area contributed by atoms with Gasteiger partial charge in [0.2, 0.25) is 0 Å². The monoisotopic (exact) mass is 365 g/mol. The molecule has 2 aromatic carbocycles. The lowest BCUT2D eigenvalue weighted by molar-refractivity contribution is -0.138. The lowest BCUT2D eigenvalue weighted by Gasteiger charge is -2.17. The summed E-state index contributed by atoms with van der Waals surface area (Å²) in [4.78, 5) is 23.1. The van der Waals surface area contributed by atoms with Crippen LogP contribution >= 0.6 is 0 Å². The zero-order valence-electron chi connectivity index (χ0n) is 15.1. The summed E-state index contributed by atoms with van der Waals surface area (Å²) in [7, 11) is 0. The minimum atomic E-state index is -0.776. The molecular formula is C22H23NO4. The third kappa shape index (κ3) is 3.68. The first-order valence-corrected chi connectivity index (χ1v) is 9.45. The third-order valence-corrected chi connectivity index (χ3v) is 5.67. The Balaban J connectivity index is 1.37. The SMILES string of the molecule is O=C(O)C[C@@H]1CC[C@H](NC(=O)OCC2c3ccccc3-c3ccccc32)C1. The van der Waals surface area contributed by atoms with Crippen LogP contribution in [0.15, 0.2) is 48.5 Å². The van der Waals surface area contributed by atoms with Crippen molar-refractivity contribution in [2.75, 3.05) is 6.61 Å². The van der Waals surface area contributed by atoms with Crippen molar-refractivity contribution in [3.63, 3.8) is 0 Å². The quantitative estimate of drug-likeness (QED) is 0.834. The first kappa shape index (κ1) is 17.6. The van der Waals surface area contributed by atoms with Gasteiger partial charge in [0.15, 0.2) is 0 Å². The number of amides is 1. The number of carboxylic acids is 1. The summed E-state index contributed by atoms with van der Waals surface area (Å²) in [6, 6.07) is 16.5. The minimum Gasteiger partial charge on any atom is -0.481 e. The molecule has 0 aromatic heterocycles. The molecule has 2 aliphatic rings. The number of ether oxygens (including phenoxy) is 1. The first-order chi connectivity index (χ1) is 13.1. The number of nitrogens with one attached hydrogen (secondary N) is 1. The van der Waals surface area contributed by atoms with Crippen LogP contribution in [0.5, 0.6) is 0 Å². The maximum Gasteiger partial charge on any atom is 0.407 e. The third-order valence-electron chi connectivity index (χ3n) is 5.67. The largest absolute Gasteiger partial charge is 0.481 e. The predicted octanol–water partition coefficient (Wildman–Crippen LogP) is 4.17. The second kappa shape index (κ2) is 7.43. The molecule has 27 heavy (non-hydrogen) atoms. The van der Waals surface area contributed by atoms with Crippen LogP contribution < -0.4 is 5.32 Å². The number of hydrogen-bond acceptors (Lipinski definition) is 3. The summed E-state index contributed by atoms with van der Waals surface area (Å²) in [5.74, 6) is -0.588. The molecule has 0 bridgehead atoms. The summed E-state index contributed by atoms with van der Waals surface area (Å²) in [6.07, 6.45) is 2.10. The van der Waals surface area contributed by atoms with E-state index in [1.807, 2.05) is 24.3 Å². The lowest BCUT2D eigenvalue weighted by atomic mass is 9.98. The summed E-state index contributed by atoms with van der Waals surface area (Å²) in [5, 5.41) is 11.8. The summed E-state index contributed by atoms with van der Waals surface area (Å²) >= 11 is 0. The van der Waals surface area contributed by atoms with E-state index in [0.29, 0.717) is 13.0 Å². The van der Waals surface area contributed by atoms with E-state index in [0.717, 1.165) is 12.8 Å². The number of carboxylic acid groups (broad SMARTS) is 1. The number of fused-ring (bicyclic) bond motifs is 3. The molecule has 1 saturated carbocycles. The van der Waals surface area contributed by atoms with Crippen molar-refractivity contribution >= 4 is 12.1 Å². The minimum absolute atomic E-state index is 0.00463. The van der Waals surface area contributed by atoms with Crippen molar-refractivity contribution in [3.05, 3.63) is 59.7 Å². The molecule has 4 rings (SSSR count). The fourth-order valence-corrected chi connectivity index (χ4v) is 4.45. The van der Waals surface area contributed by atoms with Gasteiger partial charge in [-0.1, -0.05) is 48.5 Å². The molecule has 2 N–H and O–H groups in total. The molecule has 5 nitrogen and oxygen atoms in total. The van der Waals surface area contributed by atoms with Gasteiger partial charge < -0.3 is 15.2 Å². The highest BCUT2D eigenvalue weighted by molar-refractivity contribution is 5.79. The van der Waals surface area contributed by atoms with Crippen LogP contribution in [0.2, 0.25) is 0 Å². The molecule has 0 saturated heterocycles.